The van der Waals surface area contributed by atoms with Crippen molar-refractivity contribution in [2.45, 2.75) is 25.6 Å². The summed E-state index contributed by atoms with van der Waals surface area (Å²) in [6, 6.07) is 16.0. The molecule has 8 heteroatoms. The maximum absolute atomic E-state index is 12.8. The first-order valence-electron chi connectivity index (χ1n) is 9.80. The third-order valence-corrected chi connectivity index (χ3v) is 7.17. The Morgan fingerprint density at radius 3 is 2.60 bits per heavy atom. The van der Waals surface area contributed by atoms with Gasteiger partial charge in [-0.25, -0.2) is 13.4 Å². The summed E-state index contributed by atoms with van der Waals surface area (Å²) in [4.78, 5) is 6.74. The Morgan fingerprint density at radius 2 is 1.93 bits per heavy atom. The van der Waals surface area contributed by atoms with Gasteiger partial charge in [0.2, 0.25) is 10.0 Å². The standard InChI is InChI=1S/C22H25BrN4O2S/c1-25-13-20(24-16-25)14-26-15-21(10-17-6-4-3-5-7-17)27(30(2,28)29)12-18-11-19(23)8-9-22(18)26/h3-9,11,13,16,21H,10,12,14-15H2,1-2H3. The number of imidazole rings is 1. The van der Waals surface area contributed by atoms with E-state index >= 15 is 0 Å². The van der Waals surface area contributed by atoms with Gasteiger partial charge >= 0.3 is 0 Å². The molecule has 158 valence electrons. The van der Waals surface area contributed by atoms with Crippen LogP contribution in [0.2, 0.25) is 0 Å². The van der Waals surface area contributed by atoms with Gasteiger partial charge in [0.15, 0.2) is 0 Å². The lowest BCUT2D eigenvalue weighted by Gasteiger charge is -2.31. The lowest BCUT2D eigenvalue weighted by molar-refractivity contribution is 0.320. The molecule has 2 aromatic carbocycles. The third kappa shape index (κ3) is 4.77. The molecule has 0 radical (unpaired) electrons. The molecule has 0 saturated heterocycles. The number of halogens is 1. The van der Waals surface area contributed by atoms with E-state index < -0.39 is 10.0 Å². The van der Waals surface area contributed by atoms with E-state index in [2.05, 4.69) is 44.0 Å². The molecular formula is C22H25BrN4O2S. The summed E-state index contributed by atoms with van der Waals surface area (Å²) in [6.07, 6.45) is 5.75. The number of sulfonamides is 1. The van der Waals surface area contributed by atoms with E-state index in [0.717, 1.165) is 27.0 Å². The molecule has 0 N–H and O–H groups in total. The van der Waals surface area contributed by atoms with Crippen LogP contribution in [0.15, 0.2) is 65.5 Å². The van der Waals surface area contributed by atoms with Crippen molar-refractivity contribution in [3.63, 3.8) is 0 Å². The van der Waals surface area contributed by atoms with Crippen LogP contribution in [0.3, 0.4) is 0 Å². The Morgan fingerprint density at radius 1 is 1.17 bits per heavy atom. The number of hydrogen-bond donors (Lipinski definition) is 0. The lowest BCUT2D eigenvalue weighted by Crippen LogP contribution is -2.45. The summed E-state index contributed by atoms with van der Waals surface area (Å²) in [5.41, 5.74) is 4.12. The van der Waals surface area contributed by atoms with Crippen molar-refractivity contribution in [1.82, 2.24) is 13.9 Å². The van der Waals surface area contributed by atoms with Gasteiger partial charge in [0.25, 0.3) is 0 Å². The van der Waals surface area contributed by atoms with Gasteiger partial charge in [-0.05, 0) is 35.7 Å². The van der Waals surface area contributed by atoms with Crippen molar-refractivity contribution >= 4 is 31.6 Å². The maximum Gasteiger partial charge on any atom is 0.211 e. The van der Waals surface area contributed by atoms with Gasteiger partial charge in [0.1, 0.15) is 0 Å². The number of anilines is 1. The van der Waals surface area contributed by atoms with E-state index in [1.807, 2.05) is 48.1 Å². The monoisotopic (exact) mass is 488 g/mol. The number of nitrogens with zero attached hydrogens (tertiary/aromatic N) is 4. The summed E-state index contributed by atoms with van der Waals surface area (Å²) in [5.74, 6) is 0. The molecular weight excluding hydrogens is 464 g/mol. The fraction of sp³-hybridized carbons (Fsp3) is 0.318. The van der Waals surface area contributed by atoms with Crippen LogP contribution in [0, 0.1) is 0 Å². The average molecular weight is 489 g/mol. The van der Waals surface area contributed by atoms with E-state index in [-0.39, 0.29) is 6.04 Å². The van der Waals surface area contributed by atoms with Crippen LogP contribution in [-0.4, -0.2) is 41.1 Å². The Hall–Kier alpha value is -2.16. The van der Waals surface area contributed by atoms with E-state index in [1.165, 1.54) is 6.26 Å². The Kier molecular flexibility index (Phi) is 5.99. The molecule has 0 amide bonds. The number of benzene rings is 2. The van der Waals surface area contributed by atoms with Crippen molar-refractivity contribution in [1.29, 1.82) is 0 Å². The first-order chi connectivity index (χ1) is 14.3. The molecule has 1 aliphatic rings. The Bertz CT molecular complexity index is 1130. The number of fused-ring (bicyclic) bond motifs is 1. The fourth-order valence-corrected chi connectivity index (χ4v) is 5.53. The Labute approximate surface area is 186 Å². The molecule has 30 heavy (non-hydrogen) atoms. The number of rotatable bonds is 5. The normalized spacial score (nSPS) is 17.6. The van der Waals surface area contributed by atoms with E-state index in [0.29, 0.717) is 26.1 Å². The highest BCUT2D eigenvalue weighted by molar-refractivity contribution is 9.10. The minimum Gasteiger partial charge on any atom is -0.364 e. The van der Waals surface area contributed by atoms with Gasteiger partial charge in [-0.2, -0.15) is 4.31 Å². The molecule has 0 saturated carbocycles. The first-order valence-corrected chi connectivity index (χ1v) is 12.4. The maximum atomic E-state index is 12.8. The zero-order valence-electron chi connectivity index (χ0n) is 17.1. The van der Waals surface area contributed by atoms with Crippen LogP contribution >= 0.6 is 15.9 Å². The minimum atomic E-state index is -3.39. The highest BCUT2D eigenvalue weighted by Gasteiger charge is 2.33. The second-order valence-electron chi connectivity index (χ2n) is 7.84. The van der Waals surface area contributed by atoms with Gasteiger partial charge in [-0.3, -0.25) is 0 Å². The fourth-order valence-electron chi connectivity index (χ4n) is 4.06. The molecule has 4 rings (SSSR count). The second kappa shape index (κ2) is 8.53. The van der Waals surface area contributed by atoms with Crippen molar-refractivity contribution < 1.29 is 8.42 Å². The molecule has 1 aromatic heterocycles. The molecule has 0 fully saturated rings. The van der Waals surface area contributed by atoms with Gasteiger partial charge in [0, 0.05) is 42.5 Å². The molecule has 2 heterocycles. The lowest BCUT2D eigenvalue weighted by atomic mass is 10.1. The van der Waals surface area contributed by atoms with Crippen molar-refractivity contribution in [2.24, 2.45) is 7.05 Å². The third-order valence-electron chi connectivity index (χ3n) is 5.40. The van der Waals surface area contributed by atoms with Crippen molar-refractivity contribution in [2.75, 3.05) is 17.7 Å². The van der Waals surface area contributed by atoms with E-state index in [1.54, 1.807) is 10.6 Å². The predicted molar refractivity (Wildman–Crippen MR) is 123 cm³/mol. The van der Waals surface area contributed by atoms with Gasteiger partial charge in [0.05, 0.1) is 24.8 Å². The van der Waals surface area contributed by atoms with E-state index in [4.69, 9.17) is 0 Å². The molecule has 0 spiro atoms. The summed E-state index contributed by atoms with van der Waals surface area (Å²) in [5, 5.41) is 0. The van der Waals surface area contributed by atoms with Crippen LogP contribution in [0.1, 0.15) is 16.8 Å². The highest BCUT2D eigenvalue weighted by atomic mass is 79.9. The van der Waals surface area contributed by atoms with Crippen molar-refractivity contribution in [3.8, 4) is 0 Å². The molecule has 0 aliphatic carbocycles. The zero-order valence-corrected chi connectivity index (χ0v) is 19.5. The number of hydrogen-bond acceptors (Lipinski definition) is 4. The average Bonchev–Trinajstić information content (AvgIpc) is 3.03. The van der Waals surface area contributed by atoms with Crippen molar-refractivity contribution in [3.05, 3.63) is 82.3 Å². The van der Waals surface area contributed by atoms with Gasteiger partial charge in [-0.1, -0.05) is 46.3 Å². The quantitative estimate of drug-likeness (QED) is 0.550. The van der Waals surface area contributed by atoms with Gasteiger partial charge in [-0.15, -0.1) is 0 Å². The smallest absolute Gasteiger partial charge is 0.211 e. The van der Waals surface area contributed by atoms with Crippen LogP contribution in [0.25, 0.3) is 0 Å². The summed E-state index contributed by atoms with van der Waals surface area (Å²) in [6.45, 7) is 1.56. The molecule has 3 aromatic rings. The van der Waals surface area contributed by atoms with Crippen LogP contribution in [0.5, 0.6) is 0 Å². The van der Waals surface area contributed by atoms with Crippen LogP contribution in [-0.2, 0) is 36.6 Å². The molecule has 1 aliphatic heterocycles. The summed E-state index contributed by atoms with van der Waals surface area (Å²) in [7, 11) is -1.44. The van der Waals surface area contributed by atoms with Crippen LogP contribution in [0.4, 0.5) is 5.69 Å². The first kappa shape index (κ1) is 21.1. The number of aromatic nitrogens is 2. The number of aryl methyl sites for hydroxylation is 1. The van der Waals surface area contributed by atoms with Gasteiger partial charge < -0.3 is 9.47 Å². The predicted octanol–water partition coefficient (Wildman–Crippen LogP) is 3.58. The van der Waals surface area contributed by atoms with E-state index in [9.17, 15) is 8.42 Å². The molecule has 1 unspecified atom stereocenters. The molecule has 1 atom stereocenters. The highest BCUT2D eigenvalue weighted by Crippen LogP contribution is 2.32. The van der Waals surface area contributed by atoms with Crippen LogP contribution < -0.4 is 4.90 Å². The SMILES string of the molecule is Cn1cnc(CN2CC(Cc3ccccc3)N(S(C)(=O)=O)Cc3cc(Br)ccc32)c1. The zero-order chi connectivity index (χ0) is 21.3. The summed E-state index contributed by atoms with van der Waals surface area (Å²) < 4.78 is 30.1. The molecule has 0 bridgehead atoms. The topological polar surface area (TPSA) is 58.4 Å². The second-order valence-corrected chi connectivity index (χ2v) is 10.7. The minimum absolute atomic E-state index is 0.183. The largest absolute Gasteiger partial charge is 0.364 e. The Balaban J connectivity index is 1.75. The molecule has 6 nitrogen and oxygen atoms in total. The summed E-state index contributed by atoms with van der Waals surface area (Å²) >= 11 is 3.54.